The molecule has 0 unspecified atom stereocenters. The van der Waals surface area contributed by atoms with Crippen molar-refractivity contribution in [1.82, 2.24) is 21.1 Å². The number of hydrogen-bond acceptors (Lipinski definition) is 6. The molecule has 1 atom stereocenters. The molecule has 9 nitrogen and oxygen atoms in total. The molecule has 1 saturated heterocycles. The highest BCUT2D eigenvalue weighted by Crippen LogP contribution is 2.29. The van der Waals surface area contributed by atoms with Crippen LogP contribution in [-0.2, 0) is 19.9 Å². The van der Waals surface area contributed by atoms with Crippen LogP contribution in [0.4, 0.5) is 4.79 Å². The summed E-state index contributed by atoms with van der Waals surface area (Å²) in [5, 5.41) is 6.68. The summed E-state index contributed by atoms with van der Waals surface area (Å²) in [6, 6.07) is 6.32. The molecule has 10 heteroatoms. The lowest BCUT2D eigenvalue weighted by molar-refractivity contribution is -0.140. The number of esters is 1. The molecule has 1 aliphatic heterocycles. The molecule has 1 aromatic carbocycles. The molecule has 0 saturated carbocycles. The second-order valence-corrected chi connectivity index (χ2v) is 7.09. The van der Waals surface area contributed by atoms with Crippen molar-refractivity contribution in [3.05, 3.63) is 29.8 Å². The largest absolute Gasteiger partial charge is 0.497 e. The Hall–Kier alpha value is -2.88. The standard InChI is InChI=1S/C19H26N4O5S/c1-19(13-8-10-14(27-2)11-9-13)16(25)23(18(26)21-19)22-17(29)20-12-6-4-5-7-15(24)28-3/h8-11H,4-7,12H2,1-3H3,(H,21,26)(H2,20,22,29)/t19-/m0/s1. The Morgan fingerprint density at radius 3 is 2.48 bits per heavy atom. The molecule has 1 heterocycles. The van der Waals surface area contributed by atoms with E-state index >= 15 is 0 Å². The van der Waals surface area contributed by atoms with Gasteiger partial charge in [0.05, 0.1) is 14.2 Å². The molecule has 2 rings (SSSR count). The van der Waals surface area contributed by atoms with Crippen molar-refractivity contribution in [3.8, 4) is 5.75 Å². The molecule has 0 radical (unpaired) electrons. The maximum absolute atomic E-state index is 12.9. The number of unbranched alkanes of at least 4 members (excludes halogenated alkanes) is 2. The van der Waals surface area contributed by atoms with Gasteiger partial charge in [-0.2, -0.15) is 5.01 Å². The Balaban J connectivity index is 1.84. The van der Waals surface area contributed by atoms with E-state index in [0.717, 1.165) is 24.3 Å². The van der Waals surface area contributed by atoms with Gasteiger partial charge in [0.25, 0.3) is 5.91 Å². The number of methoxy groups -OCH3 is 2. The van der Waals surface area contributed by atoms with Crippen molar-refractivity contribution in [3.63, 3.8) is 0 Å². The predicted molar refractivity (Wildman–Crippen MR) is 110 cm³/mol. The lowest BCUT2D eigenvalue weighted by atomic mass is 9.92. The molecule has 1 aliphatic rings. The fourth-order valence-electron chi connectivity index (χ4n) is 2.88. The van der Waals surface area contributed by atoms with Crippen LogP contribution in [0.25, 0.3) is 0 Å². The first-order valence-electron chi connectivity index (χ1n) is 9.24. The highest BCUT2D eigenvalue weighted by atomic mass is 32.1. The van der Waals surface area contributed by atoms with E-state index in [1.54, 1.807) is 38.3 Å². The van der Waals surface area contributed by atoms with Gasteiger partial charge < -0.3 is 20.1 Å². The smallest absolute Gasteiger partial charge is 0.344 e. The predicted octanol–water partition coefficient (Wildman–Crippen LogP) is 1.57. The fraction of sp³-hybridized carbons (Fsp3) is 0.474. The summed E-state index contributed by atoms with van der Waals surface area (Å²) in [6.07, 6.45) is 2.71. The van der Waals surface area contributed by atoms with Gasteiger partial charge in [-0.15, -0.1) is 0 Å². The maximum Gasteiger partial charge on any atom is 0.344 e. The molecule has 1 fully saturated rings. The zero-order valence-corrected chi connectivity index (χ0v) is 17.6. The van der Waals surface area contributed by atoms with Crippen LogP contribution in [0, 0.1) is 0 Å². The van der Waals surface area contributed by atoms with Crippen LogP contribution in [-0.4, -0.2) is 48.8 Å². The van der Waals surface area contributed by atoms with Crippen molar-refractivity contribution >= 4 is 35.2 Å². The summed E-state index contributed by atoms with van der Waals surface area (Å²) in [4.78, 5) is 36.2. The SMILES string of the molecule is COC(=O)CCCCCNC(=S)NN1C(=O)N[C@@](C)(c2ccc(OC)cc2)C1=O. The van der Waals surface area contributed by atoms with Gasteiger partial charge in [-0.25, -0.2) is 4.79 Å². The van der Waals surface area contributed by atoms with Crippen molar-refractivity contribution in [2.45, 2.75) is 38.1 Å². The molecule has 29 heavy (non-hydrogen) atoms. The van der Waals surface area contributed by atoms with Crippen molar-refractivity contribution in [2.75, 3.05) is 20.8 Å². The third-order valence-electron chi connectivity index (χ3n) is 4.64. The average Bonchev–Trinajstić information content (AvgIpc) is 2.94. The first kappa shape index (κ1) is 22.4. The van der Waals surface area contributed by atoms with E-state index in [9.17, 15) is 14.4 Å². The number of nitrogens with one attached hydrogen (secondary N) is 3. The molecular weight excluding hydrogens is 396 g/mol. The van der Waals surface area contributed by atoms with E-state index in [1.165, 1.54) is 7.11 Å². The van der Waals surface area contributed by atoms with Gasteiger partial charge in [-0.05, 0) is 49.7 Å². The maximum atomic E-state index is 12.9. The van der Waals surface area contributed by atoms with Gasteiger partial charge >= 0.3 is 12.0 Å². The number of hydrazine groups is 1. The Kier molecular flexibility index (Phi) is 7.77. The lowest BCUT2D eigenvalue weighted by Crippen LogP contribution is -2.51. The van der Waals surface area contributed by atoms with Crippen LogP contribution in [0.2, 0.25) is 0 Å². The third kappa shape index (κ3) is 5.57. The number of urea groups is 1. The highest BCUT2D eigenvalue weighted by molar-refractivity contribution is 7.80. The van der Waals surface area contributed by atoms with E-state index < -0.39 is 17.5 Å². The topological polar surface area (TPSA) is 109 Å². The highest BCUT2D eigenvalue weighted by Gasteiger charge is 2.49. The van der Waals surface area contributed by atoms with Crippen molar-refractivity contribution in [2.24, 2.45) is 0 Å². The minimum atomic E-state index is -1.21. The first-order chi connectivity index (χ1) is 13.8. The molecule has 1 aromatic rings. The van der Waals surface area contributed by atoms with E-state index in [1.807, 2.05) is 0 Å². The Bertz CT molecular complexity index is 770. The minimum absolute atomic E-state index is 0.167. The second kappa shape index (κ2) is 10.1. The van der Waals surface area contributed by atoms with E-state index in [2.05, 4.69) is 20.8 Å². The number of benzene rings is 1. The van der Waals surface area contributed by atoms with Gasteiger partial charge in [0.15, 0.2) is 5.11 Å². The number of nitrogens with zero attached hydrogens (tertiary/aromatic N) is 1. The van der Waals surface area contributed by atoms with E-state index in [0.29, 0.717) is 24.3 Å². The van der Waals surface area contributed by atoms with Crippen LogP contribution in [0.5, 0.6) is 5.75 Å². The summed E-state index contributed by atoms with van der Waals surface area (Å²) in [6.45, 7) is 2.18. The molecule has 0 spiro atoms. The quantitative estimate of drug-likeness (QED) is 0.238. The zero-order chi connectivity index (χ0) is 21.4. The zero-order valence-electron chi connectivity index (χ0n) is 16.7. The van der Waals surface area contributed by atoms with Crippen LogP contribution in [0.1, 0.15) is 38.2 Å². The Labute approximate surface area is 175 Å². The molecule has 3 amide bonds. The average molecular weight is 423 g/mol. The molecule has 0 bridgehead atoms. The lowest BCUT2D eigenvalue weighted by Gasteiger charge is -2.23. The normalized spacial score (nSPS) is 18.2. The Morgan fingerprint density at radius 2 is 1.86 bits per heavy atom. The molecule has 0 aromatic heterocycles. The number of hydrogen-bond donors (Lipinski definition) is 3. The van der Waals surface area contributed by atoms with E-state index in [-0.39, 0.29) is 11.1 Å². The van der Waals surface area contributed by atoms with Crippen LogP contribution in [0.15, 0.2) is 24.3 Å². The number of ether oxygens (including phenoxy) is 2. The van der Waals surface area contributed by atoms with Crippen molar-refractivity contribution < 1.29 is 23.9 Å². The Morgan fingerprint density at radius 1 is 1.17 bits per heavy atom. The first-order valence-corrected chi connectivity index (χ1v) is 9.65. The number of carbonyl (C=O) groups is 3. The van der Waals surface area contributed by atoms with Crippen LogP contribution < -0.4 is 20.8 Å². The number of imide groups is 1. The van der Waals surface area contributed by atoms with Crippen LogP contribution >= 0.6 is 12.2 Å². The number of amides is 3. The summed E-state index contributed by atoms with van der Waals surface area (Å²) in [7, 11) is 2.92. The van der Waals surface area contributed by atoms with Gasteiger partial charge in [0, 0.05) is 13.0 Å². The fourth-order valence-corrected chi connectivity index (χ4v) is 3.07. The number of rotatable bonds is 9. The number of carbonyl (C=O) groups excluding carboxylic acids is 3. The van der Waals surface area contributed by atoms with Crippen molar-refractivity contribution in [1.29, 1.82) is 0 Å². The monoisotopic (exact) mass is 422 g/mol. The molecule has 158 valence electrons. The van der Waals surface area contributed by atoms with E-state index in [4.69, 9.17) is 17.0 Å². The second-order valence-electron chi connectivity index (χ2n) is 6.68. The molecule has 0 aliphatic carbocycles. The molecular formula is C19H26N4O5S. The van der Waals surface area contributed by atoms with Gasteiger partial charge in [-0.1, -0.05) is 18.6 Å². The third-order valence-corrected chi connectivity index (χ3v) is 4.88. The van der Waals surface area contributed by atoms with Crippen LogP contribution in [0.3, 0.4) is 0 Å². The summed E-state index contributed by atoms with van der Waals surface area (Å²) in [5.41, 5.74) is 2.06. The van der Waals surface area contributed by atoms with Gasteiger partial charge in [-0.3, -0.25) is 15.0 Å². The summed E-state index contributed by atoms with van der Waals surface area (Å²) in [5.74, 6) is -0.0374. The minimum Gasteiger partial charge on any atom is -0.497 e. The number of thiocarbonyl (C=S) groups is 1. The molecule has 3 N–H and O–H groups in total. The van der Waals surface area contributed by atoms with Gasteiger partial charge in [0.1, 0.15) is 11.3 Å². The summed E-state index contributed by atoms with van der Waals surface area (Å²) < 4.78 is 9.71. The summed E-state index contributed by atoms with van der Waals surface area (Å²) >= 11 is 5.17. The van der Waals surface area contributed by atoms with Gasteiger partial charge in [0.2, 0.25) is 0 Å².